The number of hydrogen-bond donors (Lipinski definition) is 1. The fraction of sp³-hybridized carbons (Fsp3) is 0.467. The molecular weight excluding hydrogens is 1060 g/mol. The van der Waals surface area contributed by atoms with Crippen LogP contribution in [0.5, 0.6) is 23.5 Å². The van der Waals surface area contributed by atoms with Crippen LogP contribution in [0, 0.1) is 55.1 Å². The molecule has 10 rings (SSSR count). The Morgan fingerprint density at radius 1 is 0.634 bits per heavy atom. The quantitative estimate of drug-likeness (QED) is 0.129. The molecule has 15 nitrogen and oxygen atoms in total. The Balaban J connectivity index is 0.000000158. The number of ether oxygens (including phenoxy) is 2. The van der Waals surface area contributed by atoms with E-state index in [9.17, 15) is 35.1 Å². The Hall–Kier alpha value is -5.46. The molecule has 4 fully saturated rings. The molecule has 380 valence electrons. The standard InChI is InChI=1S/C23H23ClF4N6O.C12H18N4.C10H5BrClF4N3O/c1-13-6-21(30-12-29-13)33-9-14-2-3-15(10-33)17(14)8-20-31-22(34(32-20)11-23(26,27)28)35-16-4-5-19(25)18(24)7-16;1-8-4-11(15-7-14-8)16-5-9-2-3-10(6-16)12(9)13;11-8-17-9(19(18-8)4-10(14,15)16)20-5-1-2-7(13)6(12)3-5/h4-7,12,14-15,17H,2-3,8-11H2,1H3;4,7,9-10,12H,2-3,5-6,13H2,1H3;1-3H,4H2. The van der Waals surface area contributed by atoms with E-state index in [1.165, 1.54) is 31.0 Å². The van der Waals surface area contributed by atoms with Crippen molar-refractivity contribution in [1.82, 2.24) is 49.5 Å². The number of alkyl halides is 6. The van der Waals surface area contributed by atoms with Gasteiger partial charge in [0.15, 0.2) is 5.82 Å². The summed E-state index contributed by atoms with van der Waals surface area (Å²) in [6, 6.07) is 10.6. The highest BCUT2D eigenvalue weighted by Gasteiger charge is 2.44. The zero-order valence-electron chi connectivity index (χ0n) is 37.9. The number of hydrogen-bond acceptors (Lipinski definition) is 13. The van der Waals surface area contributed by atoms with Crippen molar-refractivity contribution >= 4 is 50.8 Å². The first-order chi connectivity index (χ1) is 33.6. The molecule has 4 unspecified atom stereocenters. The summed E-state index contributed by atoms with van der Waals surface area (Å²) >= 11 is 14.2. The lowest BCUT2D eigenvalue weighted by Gasteiger charge is -2.38. The van der Waals surface area contributed by atoms with Crippen LogP contribution in [0.25, 0.3) is 0 Å². The zero-order chi connectivity index (χ0) is 50.8. The molecule has 4 aromatic heterocycles. The Morgan fingerprint density at radius 3 is 1.52 bits per heavy atom. The largest absolute Gasteiger partial charge is 0.424 e. The van der Waals surface area contributed by atoms with Crippen LogP contribution >= 0.6 is 39.1 Å². The van der Waals surface area contributed by atoms with Crippen LogP contribution in [0.4, 0.5) is 46.8 Å². The van der Waals surface area contributed by atoms with Crippen LogP contribution < -0.4 is 25.0 Å². The van der Waals surface area contributed by atoms with Gasteiger partial charge in [0.05, 0.1) is 10.0 Å². The molecule has 4 aliphatic rings. The van der Waals surface area contributed by atoms with Crippen molar-refractivity contribution in [2.75, 3.05) is 36.0 Å². The summed E-state index contributed by atoms with van der Waals surface area (Å²) in [4.78, 5) is 29.6. The molecule has 0 amide bonds. The normalized spacial score (nSPS) is 21.6. The highest BCUT2D eigenvalue weighted by atomic mass is 79.9. The van der Waals surface area contributed by atoms with Gasteiger partial charge in [-0.15, -0.1) is 5.10 Å². The number of anilines is 2. The Kier molecular flexibility index (Phi) is 15.9. The van der Waals surface area contributed by atoms with E-state index in [-0.39, 0.29) is 38.2 Å². The lowest BCUT2D eigenvalue weighted by atomic mass is 9.82. The molecule has 0 spiro atoms. The third kappa shape index (κ3) is 13.5. The molecule has 4 atom stereocenters. The van der Waals surface area contributed by atoms with E-state index in [0.29, 0.717) is 51.3 Å². The van der Waals surface area contributed by atoms with Gasteiger partial charge in [-0.1, -0.05) is 23.2 Å². The second kappa shape index (κ2) is 21.7. The summed E-state index contributed by atoms with van der Waals surface area (Å²) in [5.41, 5.74) is 8.13. The Labute approximate surface area is 420 Å². The van der Waals surface area contributed by atoms with E-state index in [0.717, 1.165) is 80.2 Å². The van der Waals surface area contributed by atoms with E-state index >= 15 is 0 Å². The lowest BCUT2D eigenvalue weighted by Crippen LogP contribution is -2.49. The van der Waals surface area contributed by atoms with Crippen LogP contribution in [0.3, 0.4) is 0 Å². The van der Waals surface area contributed by atoms with Crippen molar-refractivity contribution in [3.05, 3.63) is 105 Å². The summed E-state index contributed by atoms with van der Waals surface area (Å²) in [7, 11) is 0. The molecule has 2 aliphatic heterocycles. The van der Waals surface area contributed by atoms with Crippen molar-refractivity contribution in [3.8, 4) is 23.5 Å². The van der Waals surface area contributed by atoms with Gasteiger partial charge in [-0.05, 0) is 109 Å². The molecular formula is C45H46BrCl2F8N13O2. The average Bonchev–Trinajstić information content (AvgIpc) is 3.94. The maximum atomic E-state index is 13.5. The van der Waals surface area contributed by atoms with E-state index in [2.05, 4.69) is 71.9 Å². The molecule has 2 N–H and O–H groups in total. The minimum atomic E-state index is -4.51. The first kappa shape index (κ1) is 51.9. The number of benzene rings is 2. The second-order valence-corrected chi connectivity index (χ2v) is 19.4. The highest BCUT2D eigenvalue weighted by Crippen LogP contribution is 2.45. The third-order valence-electron chi connectivity index (χ3n) is 12.7. The summed E-state index contributed by atoms with van der Waals surface area (Å²) in [5.74, 6) is 3.35. The fourth-order valence-electron chi connectivity index (χ4n) is 9.49. The number of fused-ring (bicyclic) bond motifs is 4. The van der Waals surface area contributed by atoms with Crippen LogP contribution in [0.1, 0.15) is 42.9 Å². The zero-order valence-corrected chi connectivity index (χ0v) is 41.0. The van der Waals surface area contributed by atoms with Gasteiger partial charge in [-0.3, -0.25) is 0 Å². The van der Waals surface area contributed by atoms with Gasteiger partial charge in [0, 0.05) is 74.3 Å². The fourth-order valence-corrected chi connectivity index (χ4v) is 10.2. The van der Waals surface area contributed by atoms with Crippen LogP contribution in [-0.2, 0) is 19.5 Å². The Morgan fingerprint density at radius 2 is 1.07 bits per heavy atom. The molecule has 26 heteroatoms. The van der Waals surface area contributed by atoms with Crippen molar-refractivity contribution in [3.63, 3.8) is 0 Å². The molecule has 0 radical (unpaired) electrons. The summed E-state index contributed by atoms with van der Waals surface area (Å²) < 4.78 is 115. The van der Waals surface area contributed by atoms with E-state index in [1.54, 1.807) is 12.7 Å². The van der Waals surface area contributed by atoms with Gasteiger partial charge >= 0.3 is 24.4 Å². The third-order valence-corrected chi connectivity index (χ3v) is 13.6. The molecule has 2 aromatic carbocycles. The average molecular weight is 1100 g/mol. The maximum Gasteiger partial charge on any atom is 0.408 e. The first-order valence-electron chi connectivity index (χ1n) is 22.4. The SMILES string of the molecule is Cc1cc(N2CC3CCC(C2)C3Cc2nc(Oc3ccc(F)c(Cl)c3)n(CC(F)(F)F)n2)ncn1.Cc1cc(N2CC3CCC(C2)C3N)ncn1.Fc1ccc(Oc2nc(Br)nn2CC(F)(F)F)cc1Cl. The number of rotatable bonds is 10. The number of nitrogens with zero attached hydrogens (tertiary/aromatic N) is 12. The second-order valence-electron chi connectivity index (χ2n) is 17.9. The van der Waals surface area contributed by atoms with Gasteiger partial charge < -0.3 is 25.0 Å². The van der Waals surface area contributed by atoms with Crippen LogP contribution in [0.2, 0.25) is 10.0 Å². The molecule has 2 saturated heterocycles. The summed E-state index contributed by atoms with van der Waals surface area (Å²) in [6.07, 6.45) is -0.675. The molecule has 2 aliphatic carbocycles. The van der Waals surface area contributed by atoms with Crippen molar-refractivity contribution < 1.29 is 44.6 Å². The van der Waals surface area contributed by atoms with E-state index in [1.807, 2.05) is 19.9 Å². The van der Waals surface area contributed by atoms with E-state index in [4.69, 9.17) is 38.4 Å². The predicted molar refractivity (Wildman–Crippen MR) is 248 cm³/mol. The van der Waals surface area contributed by atoms with Gasteiger partial charge in [-0.25, -0.2) is 38.1 Å². The topological polar surface area (TPSA) is 164 Å². The summed E-state index contributed by atoms with van der Waals surface area (Å²) in [5, 5.41) is 7.21. The van der Waals surface area contributed by atoms with Crippen LogP contribution in [0.15, 0.2) is 65.9 Å². The molecule has 6 heterocycles. The first-order valence-corrected chi connectivity index (χ1v) is 23.9. The molecule has 4 bridgehead atoms. The highest BCUT2D eigenvalue weighted by molar-refractivity contribution is 9.10. The number of nitrogens with two attached hydrogens (primary N) is 1. The van der Waals surface area contributed by atoms with Gasteiger partial charge in [0.2, 0.25) is 4.73 Å². The molecule has 2 saturated carbocycles. The van der Waals surface area contributed by atoms with Crippen LogP contribution in [-0.4, -0.2) is 94.0 Å². The Bertz CT molecular complexity index is 2780. The van der Waals surface area contributed by atoms with E-state index < -0.39 is 43.1 Å². The number of aromatic nitrogens is 10. The molecule has 6 aromatic rings. The van der Waals surface area contributed by atoms with Gasteiger partial charge in [0.25, 0.3) is 0 Å². The number of aryl methyl sites for hydroxylation is 2. The van der Waals surface area contributed by atoms with Crippen molar-refractivity contribution in [2.24, 2.45) is 35.3 Å². The minimum Gasteiger partial charge on any atom is -0.424 e. The minimum absolute atomic E-state index is 0.0414. The molecule has 71 heavy (non-hydrogen) atoms. The summed E-state index contributed by atoms with van der Waals surface area (Å²) in [6.45, 7) is 4.99. The monoisotopic (exact) mass is 1100 g/mol. The van der Waals surface area contributed by atoms with Gasteiger partial charge in [0.1, 0.15) is 60.5 Å². The lowest BCUT2D eigenvalue weighted by molar-refractivity contribution is -0.144. The van der Waals surface area contributed by atoms with Gasteiger partial charge in [-0.2, -0.15) is 41.4 Å². The van der Waals surface area contributed by atoms with Crippen molar-refractivity contribution in [2.45, 2.75) is 77.4 Å². The number of piperidine rings is 2. The smallest absolute Gasteiger partial charge is 0.408 e. The number of halogens is 11. The maximum absolute atomic E-state index is 13.5. The van der Waals surface area contributed by atoms with Crippen molar-refractivity contribution in [1.29, 1.82) is 0 Å². The predicted octanol–water partition coefficient (Wildman–Crippen LogP) is 10.4.